The van der Waals surface area contributed by atoms with Crippen LogP contribution in [-0.4, -0.2) is 30.4 Å². The number of anilines is 1. The second-order valence-electron chi connectivity index (χ2n) is 5.90. The molecule has 2 aromatic carbocycles. The van der Waals surface area contributed by atoms with E-state index in [2.05, 4.69) is 11.9 Å². The van der Waals surface area contributed by atoms with E-state index in [9.17, 15) is 9.59 Å². The molecule has 5 heteroatoms. The minimum absolute atomic E-state index is 0.148. The Balaban J connectivity index is 2.16. The standard InChI is InChI=1S/C21H20N2O3/c1-4-13-23-20(24)18(15-10-6-8-12-17(15)26-3)19(21(23)25)22-16-11-7-5-9-14(16)2/h4-12,22H,1,13H2,2-3H3. The van der Waals surface area contributed by atoms with Gasteiger partial charge in [-0.2, -0.15) is 0 Å². The zero-order valence-electron chi connectivity index (χ0n) is 14.8. The first kappa shape index (κ1) is 17.5. The van der Waals surface area contributed by atoms with Gasteiger partial charge in [0.15, 0.2) is 0 Å². The minimum atomic E-state index is -0.376. The second-order valence-corrected chi connectivity index (χ2v) is 5.90. The Morgan fingerprint density at radius 1 is 1.08 bits per heavy atom. The van der Waals surface area contributed by atoms with Gasteiger partial charge in [-0.3, -0.25) is 14.5 Å². The molecule has 1 aliphatic rings. The molecule has 26 heavy (non-hydrogen) atoms. The zero-order chi connectivity index (χ0) is 18.7. The van der Waals surface area contributed by atoms with Gasteiger partial charge in [0.05, 0.1) is 12.7 Å². The highest BCUT2D eigenvalue weighted by Gasteiger charge is 2.39. The number of carbonyl (C=O) groups excluding carboxylic acids is 2. The van der Waals surface area contributed by atoms with Gasteiger partial charge in [-0.1, -0.05) is 42.5 Å². The van der Waals surface area contributed by atoms with E-state index in [1.54, 1.807) is 12.1 Å². The SMILES string of the molecule is C=CCN1C(=O)C(Nc2ccccc2C)=C(c2ccccc2OC)C1=O. The van der Waals surface area contributed by atoms with E-state index in [0.29, 0.717) is 16.9 Å². The number of hydrogen-bond donors (Lipinski definition) is 1. The number of nitrogens with zero attached hydrogens (tertiary/aromatic N) is 1. The van der Waals surface area contributed by atoms with Crippen molar-refractivity contribution < 1.29 is 14.3 Å². The number of rotatable bonds is 6. The number of para-hydroxylation sites is 2. The monoisotopic (exact) mass is 348 g/mol. The van der Waals surface area contributed by atoms with Gasteiger partial charge in [0.25, 0.3) is 11.8 Å². The van der Waals surface area contributed by atoms with Crippen molar-refractivity contribution in [3.8, 4) is 5.75 Å². The lowest BCUT2D eigenvalue weighted by molar-refractivity contribution is -0.136. The van der Waals surface area contributed by atoms with Crippen molar-refractivity contribution in [1.29, 1.82) is 0 Å². The Labute approximate surface area is 152 Å². The molecule has 0 fully saturated rings. The zero-order valence-corrected chi connectivity index (χ0v) is 14.8. The molecular weight excluding hydrogens is 328 g/mol. The Bertz CT molecular complexity index is 915. The van der Waals surface area contributed by atoms with Crippen molar-refractivity contribution in [2.75, 3.05) is 19.0 Å². The van der Waals surface area contributed by atoms with Gasteiger partial charge in [-0.15, -0.1) is 6.58 Å². The lowest BCUT2D eigenvalue weighted by atomic mass is 10.0. The van der Waals surface area contributed by atoms with Crippen LogP contribution in [0.15, 0.2) is 66.9 Å². The van der Waals surface area contributed by atoms with Crippen molar-refractivity contribution >= 4 is 23.1 Å². The third-order valence-electron chi connectivity index (χ3n) is 4.26. The summed E-state index contributed by atoms with van der Waals surface area (Å²) >= 11 is 0. The van der Waals surface area contributed by atoms with Gasteiger partial charge < -0.3 is 10.1 Å². The van der Waals surface area contributed by atoms with Crippen molar-refractivity contribution in [2.45, 2.75) is 6.92 Å². The highest BCUT2D eigenvalue weighted by atomic mass is 16.5. The minimum Gasteiger partial charge on any atom is -0.496 e. The number of ether oxygens (including phenoxy) is 1. The molecule has 0 spiro atoms. The van der Waals surface area contributed by atoms with Gasteiger partial charge in [-0.25, -0.2) is 0 Å². The third kappa shape index (κ3) is 2.99. The predicted octanol–water partition coefficient (Wildman–Crippen LogP) is 3.38. The Hall–Kier alpha value is -3.34. The third-order valence-corrected chi connectivity index (χ3v) is 4.26. The summed E-state index contributed by atoms with van der Waals surface area (Å²) in [5, 5.41) is 3.16. The maximum Gasteiger partial charge on any atom is 0.278 e. The summed E-state index contributed by atoms with van der Waals surface area (Å²) in [7, 11) is 1.54. The molecular formula is C21H20N2O3. The van der Waals surface area contributed by atoms with Crippen LogP contribution in [0.25, 0.3) is 5.57 Å². The number of hydrogen-bond acceptors (Lipinski definition) is 4. The summed E-state index contributed by atoms with van der Waals surface area (Å²) < 4.78 is 5.39. The second kappa shape index (κ2) is 7.27. The number of methoxy groups -OCH3 is 1. The fourth-order valence-corrected chi connectivity index (χ4v) is 2.94. The molecule has 5 nitrogen and oxygen atoms in total. The summed E-state index contributed by atoms with van der Waals surface area (Å²) in [6, 6.07) is 14.8. The summed E-state index contributed by atoms with van der Waals surface area (Å²) in [4.78, 5) is 27.0. The maximum atomic E-state index is 13.0. The maximum absolute atomic E-state index is 13.0. The summed E-state index contributed by atoms with van der Waals surface area (Å²) in [5.41, 5.74) is 2.88. The van der Waals surface area contributed by atoms with E-state index < -0.39 is 0 Å². The molecule has 0 radical (unpaired) electrons. The van der Waals surface area contributed by atoms with Crippen LogP contribution in [0, 0.1) is 6.92 Å². The van der Waals surface area contributed by atoms with Crippen LogP contribution < -0.4 is 10.1 Å². The van der Waals surface area contributed by atoms with Gasteiger partial charge in [0.1, 0.15) is 11.4 Å². The van der Waals surface area contributed by atoms with Gasteiger partial charge in [0, 0.05) is 17.8 Å². The van der Waals surface area contributed by atoms with Gasteiger partial charge in [0.2, 0.25) is 0 Å². The molecule has 0 atom stereocenters. The molecule has 1 N–H and O–H groups in total. The number of imide groups is 1. The van der Waals surface area contributed by atoms with Crippen molar-refractivity contribution in [2.24, 2.45) is 0 Å². The molecule has 132 valence electrons. The summed E-state index contributed by atoms with van der Waals surface area (Å²) in [5.74, 6) is -0.206. The predicted molar refractivity (Wildman–Crippen MR) is 102 cm³/mol. The van der Waals surface area contributed by atoms with E-state index >= 15 is 0 Å². The molecule has 0 saturated carbocycles. The summed E-state index contributed by atoms with van der Waals surface area (Å²) in [6.07, 6.45) is 1.53. The number of amides is 2. The normalized spacial score (nSPS) is 14.0. The first-order valence-corrected chi connectivity index (χ1v) is 8.26. The molecule has 0 unspecified atom stereocenters. The largest absolute Gasteiger partial charge is 0.496 e. The average Bonchev–Trinajstić information content (AvgIpc) is 2.88. The number of nitrogens with one attached hydrogen (secondary N) is 1. The molecule has 2 aromatic rings. The molecule has 0 aromatic heterocycles. The van der Waals surface area contributed by atoms with Crippen LogP contribution in [0.3, 0.4) is 0 Å². The fourth-order valence-electron chi connectivity index (χ4n) is 2.94. The average molecular weight is 348 g/mol. The van der Waals surface area contributed by atoms with Gasteiger partial charge in [-0.05, 0) is 24.6 Å². The molecule has 2 amide bonds. The van der Waals surface area contributed by atoms with Crippen LogP contribution >= 0.6 is 0 Å². The van der Waals surface area contributed by atoms with E-state index in [0.717, 1.165) is 11.3 Å². The molecule has 3 rings (SSSR count). The number of aryl methyl sites for hydroxylation is 1. The first-order chi connectivity index (χ1) is 12.6. The van der Waals surface area contributed by atoms with Crippen LogP contribution in [0.1, 0.15) is 11.1 Å². The van der Waals surface area contributed by atoms with E-state index in [-0.39, 0.29) is 24.1 Å². The Morgan fingerprint density at radius 2 is 1.77 bits per heavy atom. The first-order valence-electron chi connectivity index (χ1n) is 8.26. The van der Waals surface area contributed by atoms with E-state index in [4.69, 9.17) is 4.74 Å². The van der Waals surface area contributed by atoms with Crippen LogP contribution in [0.5, 0.6) is 5.75 Å². The molecule has 0 aliphatic carbocycles. The van der Waals surface area contributed by atoms with Crippen molar-refractivity contribution in [1.82, 2.24) is 4.90 Å². The van der Waals surface area contributed by atoms with Crippen LogP contribution in [0.4, 0.5) is 5.69 Å². The topological polar surface area (TPSA) is 58.6 Å². The Morgan fingerprint density at radius 3 is 2.46 bits per heavy atom. The molecule has 0 saturated heterocycles. The quantitative estimate of drug-likeness (QED) is 0.642. The van der Waals surface area contributed by atoms with Crippen LogP contribution in [-0.2, 0) is 9.59 Å². The molecule has 1 aliphatic heterocycles. The number of benzene rings is 2. The van der Waals surface area contributed by atoms with Crippen molar-refractivity contribution in [3.63, 3.8) is 0 Å². The smallest absolute Gasteiger partial charge is 0.278 e. The Kier molecular flexibility index (Phi) is 4.89. The molecule has 0 bridgehead atoms. The van der Waals surface area contributed by atoms with E-state index in [1.165, 1.54) is 18.1 Å². The molecule has 1 heterocycles. The summed E-state index contributed by atoms with van der Waals surface area (Å²) in [6.45, 7) is 5.72. The number of carbonyl (C=O) groups is 2. The highest BCUT2D eigenvalue weighted by molar-refractivity contribution is 6.37. The lowest BCUT2D eigenvalue weighted by Gasteiger charge is -2.13. The fraction of sp³-hybridized carbons (Fsp3) is 0.143. The van der Waals surface area contributed by atoms with Crippen LogP contribution in [0.2, 0.25) is 0 Å². The van der Waals surface area contributed by atoms with E-state index in [1.807, 2.05) is 43.3 Å². The highest BCUT2D eigenvalue weighted by Crippen LogP contribution is 2.35. The van der Waals surface area contributed by atoms with Gasteiger partial charge >= 0.3 is 0 Å². The van der Waals surface area contributed by atoms with Crippen molar-refractivity contribution in [3.05, 3.63) is 78.0 Å². The lowest BCUT2D eigenvalue weighted by Crippen LogP contribution is -2.32.